The van der Waals surface area contributed by atoms with Crippen molar-refractivity contribution >= 4 is 29.6 Å². The molecule has 0 saturated carbocycles. The van der Waals surface area contributed by atoms with Gasteiger partial charge >= 0.3 is 0 Å². The third-order valence-corrected chi connectivity index (χ3v) is 4.74. The quantitative estimate of drug-likeness (QED) is 0.319. The number of halogens is 1. The molecule has 2 aromatic carbocycles. The number of ether oxygens (including phenoxy) is 3. The lowest BCUT2D eigenvalue weighted by Crippen LogP contribution is -2.47. The van der Waals surface area contributed by atoms with Crippen LogP contribution in [-0.4, -0.2) is 43.9 Å². The molecule has 186 valence electrons. The molecule has 0 unspecified atom stereocenters. The van der Waals surface area contributed by atoms with Gasteiger partial charge in [0, 0.05) is 5.02 Å². The first-order chi connectivity index (χ1) is 16.8. The number of carbonyl (C=O) groups excluding carboxylic acids is 2. The molecule has 2 aromatic rings. The van der Waals surface area contributed by atoms with Gasteiger partial charge in [0.2, 0.25) is 0 Å². The summed E-state index contributed by atoms with van der Waals surface area (Å²) >= 11 is 5.84. The number of nitriles is 1. The molecule has 0 saturated heterocycles. The molecule has 0 aromatic heterocycles. The van der Waals surface area contributed by atoms with E-state index < -0.39 is 17.9 Å². The van der Waals surface area contributed by atoms with E-state index in [0.717, 1.165) is 0 Å². The van der Waals surface area contributed by atoms with E-state index in [9.17, 15) is 9.59 Å². The highest BCUT2D eigenvalue weighted by molar-refractivity contribution is 6.30. The summed E-state index contributed by atoms with van der Waals surface area (Å²) in [7, 11) is 0. The first-order valence-electron chi connectivity index (χ1n) is 11.1. The van der Waals surface area contributed by atoms with E-state index >= 15 is 0 Å². The molecule has 2 rings (SSSR count). The van der Waals surface area contributed by atoms with Gasteiger partial charge in [-0.1, -0.05) is 25.4 Å². The predicted molar refractivity (Wildman–Crippen MR) is 133 cm³/mol. The SMILES string of the molecule is CCOc1cc(/C=N\NC(=O)[C@@H](CC(C)C)NC(=O)COc2ccc(Cl)cc2)ccc1OCC#N. The van der Waals surface area contributed by atoms with Crippen LogP contribution in [0.4, 0.5) is 0 Å². The van der Waals surface area contributed by atoms with E-state index in [1.54, 1.807) is 42.5 Å². The number of nitrogens with one attached hydrogen (secondary N) is 2. The number of hydrogen-bond acceptors (Lipinski definition) is 7. The number of rotatable bonds is 13. The van der Waals surface area contributed by atoms with E-state index in [1.165, 1.54) is 6.21 Å². The van der Waals surface area contributed by atoms with Gasteiger partial charge < -0.3 is 19.5 Å². The Hall–Kier alpha value is -3.77. The van der Waals surface area contributed by atoms with Crippen molar-refractivity contribution < 1.29 is 23.8 Å². The summed E-state index contributed by atoms with van der Waals surface area (Å²) in [6, 6.07) is 12.8. The molecular formula is C25H29ClN4O5. The Balaban J connectivity index is 1.97. The van der Waals surface area contributed by atoms with E-state index in [0.29, 0.717) is 40.9 Å². The van der Waals surface area contributed by atoms with Crippen LogP contribution in [0.5, 0.6) is 17.2 Å². The molecular weight excluding hydrogens is 472 g/mol. The smallest absolute Gasteiger partial charge is 0.262 e. The lowest BCUT2D eigenvalue weighted by atomic mass is 10.0. The zero-order valence-electron chi connectivity index (χ0n) is 19.9. The molecule has 35 heavy (non-hydrogen) atoms. The van der Waals surface area contributed by atoms with Crippen molar-refractivity contribution in [1.82, 2.24) is 10.7 Å². The van der Waals surface area contributed by atoms with Gasteiger partial charge in [0.05, 0.1) is 12.8 Å². The summed E-state index contributed by atoms with van der Waals surface area (Å²) in [5.41, 5.74) is 3.12. The first-order valence-corrected chi connectivity index (χ1v) is 11.5. The van der Waals surface area contributed by atoms with Gasteiger partial charge in [0.15, 0.2) is 24.7 Å². The maximum atomic E-state index is 12.7. The second-order valence-corrected chi connectivity index (χ2v) is 8.25. The highest BCUT2D eigenvalue weighted by Crippen LogP contribution is 2.28. The van der Waals surface area contributed by atoms with E-state index in [4.69, 9.17) is 31.1 Å². The molecule has 1 atom stereocenters. The summed E-state index contributed by atoms with van der Waals surface area (Å²) in [5.74, 6) is 0.669. The molecule has 9 nitrogen and oxygen atoms in total. The lowest BCUT2D eigenvalue weighted by molar-refractivity contribution is -0.130. The average molecular weight is 501 g/mol. The van der Waals surface area contributed by atoms with Crippen LogP contribution < -0.4 is 25.0 Å². The summed E-state index contributed by atoms with van der Waals surface area (Å²) in [6.45, 7) is 5.80. The minimum absolute atomic E-state index is 0.0999. The van der Waals surface area contributed by atoms with Crippen molar-refractivity contribution in [3.8, 4) is 23.3 Å². The van der Waals surface area contributed by atoms with Crippen LogP contribution in [-0.2, 0) is 9.59 Å². The standard InChI is InChI=1S/C25H29ClN4O5/c1-4-33-23-14-18(5-10-22(23)34-12-11-27)15-28-30-25(32)21(13-17(2)3)29-24(31)16-35-20-8-6-19(26)7-9-20/h5-10,14-15,17,21H,4,12-13,16H2,1-3H3,(H,29,31)(H,30,32)/b28-15-/t21-/m1/s1. The Morgan fingerprint density at radius 2 is 1.86 bits per heavy atom. The summed E-state index contributed by atoms with van der Waals surface area (Å²) < 4.78 is 16.3. The molecule has 0 aliphatic carbocycles. The average Bonchev–Trinajstić information content (AvgIpc) is 2.82. The van der Waals surface area contributed by atoms with E-state index in [-0.39, 0.29) is 19.1 Å². The maximum Gasteiger partial charge on any atom is 0.262 e. The fourth-order valence-corrected chi connectivity index (χ4v) is 3.10. The molecule has 0 fully saturated rings. The monoisotopic (exact) mass is 500 g/mol. The van der Waals surface area contributed by atoms with Crippen LogP contribution in [0.25, 0.3) is 0 Å². The first kappa shape index (κ1) is 27.5. The maximum absolute atomic E-state index is 12.7. The number of amides is 2. The Morgan fingerprint density at radius 1 is 1.11 bits per heavy atom. The third kappa shape index (κ3) is 9.94. The molecule has 0 aliphatic rings. The van der Waals surface area contributed by atoms with Gasteiger partial charge in [-0.25, -0.2) is 5.43 Å². The van der Waals surface area contributed by atoms with Crippen molar-refractivity contribution in [2.45, 2.75) is 33.2 Å². The van der Waals surface area contributed by atoms with Crippen molar-refractivity contribution in [3.63, 3.8) is 0 Å². The summed E-state index contributed by atoms with van der Waals surface area (Å²) in [5, 5.41) is 16.0. The van der Waals surface area contributed by atoms with Crippen molar-refractivity contribution in [2.24, 2.45) is 11.0 Å². The Kier molecular flexibility index (Phi) is 11.4. The number of carbonyl (C=O) groups is 2. The number of hydrogen-bond donors (Lipinski definition) is 2. The van der Waals surface area contributed by atoms with Crippen LogP contribution in [0.15, 0.2) is 47.6 Å². The van der Waals surface area contributed by atoms with Gasteiger partial charge in [-0.3, -0.25) is 9.59 Å². The number of nitrogens with zero attached hydrogens (tertiary/aromatic N) is 2. The van der Waals surface area contributed by atoms with Crippen molar-refractivity contribution in [2.75, 3.05) is 19.8 Å². The summed E-state index contributed by atoms with van der Waals surface area (Å²) in [6.07, 6.45) is 1.87. The van der Waals surface area contributed by atoms with Gasteiger partial charge in [0.25, 0.3) is 11.8 Å². The normalized spacial score (nSPS) is 11.5. The van der Waals surface area contributed by atoms with Gasteiger partial charge in [-0.05, 0) is 67.3 Å². The minimum Gasteiger partial charge on any atom is -0.490 e. The van der Waals surface area contributed by atoms with Crippen LogP contribution in [0.1, 0.15) is 32.8 Å². The van der Waals surface area contributed by atoms with Crippen LogP contribution in [0, 0.1) is 17.2 Å². The molecule has 0 spiro atoms. The number of hydrazone groups is 1. The van der Waals surface area contributed by atoms with Gasteiger partial charge in [-0.15, -0.1) is 0 Å². The van der Waals surface area contributed by atoms with Crippen molar-refractivity contribution in [1.29, 1.82) is 5.26 Å². The second-order valence-electron chi connectivity index (χ2n) is 7.81. The van der Waals surface area contributed by atoms with Crippen LogP contribution in [0.3, 0.4) is 0 Å². The fourth-order valence-electron chi connectivity index (χ4n) is 2.97. The predicted octanol–water partition coefficient (Wildman–Crippen LogP) is 3.70. The van der Waals surface area contributed by atoms with E-state index in [2.05, 4.69) is 15.8 Å². The molecule has 0 aliphatic heterocycles. The molecule has 2 N–H and O–H groups in total. The zero-order valence-corrected chi connectivity index (χ0v) is 20.7. The van der Waals surface area contributed by atoms with Gasteiger partial charge in [-0.2, -0.15) is 10.4 Å². The Morgan fingerprint density at radius 3 is 2.51 bits per heavy atom. The largest absolute Gasteiger partial charge is 0.490 e. The van der Waals surface area contributed by atoms with E-state index in [1.807, 2.05) is 26.8 Å². The molecule has 2 amide bonds. The zero-order chi connectivity index (χ0) is 25.6. The Labute approximate surface area is 210 Å². The molecule has 10 heteroatoms. The minimum atomic E-state index is -0.783. The third-order valence-electron chi connectivity index (χ3n) is 4.49. The molecule has 0 bridgehead atoms. The topological polar surface area (TPSA) is 122 Å². The highest BCUT2D eigenvalue weighted by atomic mass is 35.5. The highest BCUT2D eigenvalue weighted by Gasteiger charge is 2.22. The number of benzene rings is 2. The van der Waals surface area contributed by atoms with Crippen molar-refractivity contribution in [3.05, 3.63) is 53.1 Å². The molecule has 0 radical (unpaired) electrons. The van der Waals surface area contributed by atoms with Crippen LogP contribution in [0.2, 0.25) is 5.02 Å². The fraction of sp³-hybridized carbons (Fsp3) is 0.360. The summed E-state index contributed by atoms with van der Waals surface area (Å²) in [4.78, 5) is 25.0. The lowest BCUT2D eigenvalue weighted by Gasteiger charge is -2.19. The van der Waals surface area contributed by atoms with Gasteiger partial charge in [0.1, 0.15) is 17.9 Å². The van der Waals surface area contributed by atoms with Crippen LogP contribution >= 0.6 is 11.6 Å². The Bertz CT molecular complexity index is 1050. The molecule has 0 heterocycles. The second kappa shape index (κ2) is 14.5.